The van der Waals surface area contributed by atoms with Crippen LogP contribution in [0.15, 0.2) is 36.5 Å². The molecule has 0 aliphatic rings. The predicted octanol–water partition coefficient (Wildman–Crippen LogP) is 2.09. The lowest BCUT2D eigenvalue weighted by atomic mass is 10.0. The van der Waals surface area contributed by atoms with Crippen LogP contribution in [-0.2, 0) is 0 Å². The number of aryl methyl sites for hydroxylation is 1. The summed E-state index contributed by atoms with van der Waals surface area (Å²) in [6.07, 6.45) is 1.65. The van der Waals surface area contributed by atoms with E-state index in [4.69, 9.17) is 10.6 Å². The van der Waals surface area contributed by atoms with Gasteiger partial charge < -0.3 is 4.74 Å². The maximum absolute atomic E-state index is 13.7. The largest absolute Gasteiger partial charge is 0.495 e. The van der Waals surface area contributed by atoms with Gasteiger partial charge in [0.05, 0.1) is 13.2 Å². The number of hydrazine groups is 1. The average molecular weight is 261 g/mol. The van der Waals surface area contributed by atoms with E-state index >= 15 is 0 Å². The van der Waals surface area contributed by atoms with Crippen molar-refractivity contribution in [3.63, 3.8) is 0 Å². The Hall–Kier alpha value is -1.98. The van der Waals surface area contributed by atoms with E-state index in [1.165, 1.54) is 6.07 Å². The number of nitrogens with two attached hydrogens (primary N) is 1. The Morgan fingerprint density at radius 3 is 2.79 bits per heavy atom. The molecule has 1 heterocycles. The molecule has 1 aromatic heterocycles. The lowest BCUT2D eigenvalue weighted by Crippen LogP contribution is -2.30. The number of benzene rings is 1. The van der Waals surface area contributed by atoms with Gasteiger partial charge in [0.1, 0.15) is 17.3 Å². The van der Waals surface area contributed by atoms with Crippen molar-refractivity contribution in [2.24, 2.45) is 5.84 Å². The summed E-state index contributed by atoms with van der Waals surface area (Å²) in [7, 11) is 1.56. The van der Waals surface area contributed by atoms with E-state index in [2.05, 4.69) is 10.4 Å². The molecule has 19 heavy (non-hydrogen) atoms. The monoisotopic (exact) mass is 261 g/mol. The highest BCUT2D eigenvalue weighted by Gasteiger charge is 2.19. The molecule has 3 N–H and O–H groups in total. The quantitative estimate of drug-likeness (QED) is 0.653. The molecule has 0 bridgehead atoms. The summed E-state index contributed by atoms with van der Waals surface area (Å²) >= 11 is 0. The van der Waals surface area contributed by atoms with Crippen molar-refractivity contribution in [3.8, 4) is 5.75 Å². The fourth-order valence-corrected chi connectivity index (χ4v) is 1.91. The molecule has 0 spiro atoms. The van der Waals surface area contributed by atoms with Crippen molar-refractivity contribution < 1.29 is 9.13 Å². The smallest absolute Gasteiger partial charge is 0.142 e. The Morgan fingerprint density at radius 2 is 2.16 bits per heavy atom. The van der Waals surface area contributed by atoms with E-state index < -0.39 is 6.04 Å². The maximum Gasteiger partial charge on any atom is 0.142 e. The van der Waals surface area contributed by atoms with E-state index in [9.17, 15) is 4.39 Å². The molecule has 2 rings (SSSR count). The molecule has 4 nitrogen and oxygen atoms in total. The number of halogens is 1. The Bertz CT molecular complexity index is 574. The first-order valence-corrected chi connectivity index (χ1v) is 5.88. The minimum Gasteiger partial charge on any atom is -0.495 e. The maximum atomic E-state index is 13.7. The lowest BCUT2D eigenvalue weighted by Gasteiger charge is -2.18. The molecule has 2 aromatic rings. The second-order valence-corrected chi connectivity index (χ2v) is 4.20. The lowest BCUT2D eigenvalue weighted by molar-refractivity contribution is 0.400. The summed E-state index contributed by atoms with van der Waals surface area (Å²) in [4.78, 5) is 4.26. The van der Waals surface area contributed by atoms with Gasteiger partial charge in [0.25, 0.3) is 0 Å². The number of nitrogens with one attached hydrogen (secondary N) is 1. The molecule has 0 saturated carbocycles. The molecule has 0 amide bonds. The van der Waals surface area contributed by atoms with Crippen LogP contribution in [0.2, 0.25) is 0 Å². The van der Waals surface area contributed by atoms with Crippen molar-refractivity contribution in [1.29, 1.82) is 0 Å². The van der Waals surface area contributed by atoms with Crippen LogP contribution in [0.5, 0.6) is 5.75 Å². The number of hydrogen-bond acceptors (Lipinski definition) is 4. The standard InChI is InChI=1S/C14H16FN3O/c1-9-5-6-10(8-11(9)15)13(18-16)14-12(19-2)4-3-7-17-14/h3-8,13,18H,16H2,1-2H3. The second kappa shape index (κ2) is 5.77. The summed E-state index contributed by atoms with van der Waals surface area (Å²) in [5.41, 5.74) is 4.56. The third-order valence-electron chi connectivity index (χ3n) is 2.99. The van der Waals surface area contributed by atoms with Gasteiger partial charge in [-0.15, -0.1) is 0 Å². The first kappa shape index (κ1) is 13.5. The molecule has 0 aliphatic heterocycles. The van der Waals surface area contributed by atoms with Crippen LogP contribution >= 0.6 is 0 Å². The van der Waals surface area contributed by atoms with Gasteiger partial charge in [-0.3, -0.25) is 10.8 Å². The van der Waals surface area contributed by atoms with Crippen LogP contribution in [0.1, 0.15) is 22.9 Å². The van der Waals surface area contributed by atoms with Crippen LogP contribution in [0.25, 0.3) is 0 Å². The SMILES string of the molecule is COc1cccnc1C(NN)c1ccc(C)c(F)c1. The number of methoxy groups -OCH3 is 1. The van der Waals surface area contributed by atoms with Crippen LogP contribution in [0.4, 0.5) is 4.39 Å². The van der Waals surface area contributed by atoms with Crippen molar-refractivity contribution in [1.82, 2.24) is 10.4 Å². The Labute approximate surface area is 111 Å². The summed E-state index contributed by atoms with van der Waals surface area (Å²) in [5, 5.41) is 0. The summed E-state index contributed by atoms with van der Waals surface area (Å²) in [6.45, 7) is 1.71. The fourth-order valence-electron chi connectivity index (χ4n) is 1.91. The number of ether oxygens (including phenoxy) is 1. The minimum absolute atomic E-state index is 0.271. The predicted molar refractivity (Wildman–Crippen MR) is 71.1 cm³/mol. The second-order valence-electron chi connectivity index (χ2n) is 4.20. The molecule has 0 aliphatic carbocycles. The zero-order chi connectivity index (χ0) is 13.8. The first-order valence-electron chi connectivity index (χ1n) is 5.88. The topological polar surface area (TPSA) is 60.2 Å². The van der Waals surface area contributed by atoms with E-state index in [0.29, 0.717) is 22.6 Å². The zero-order valence-electron chi connectivity index (χ0n) is 10.9. The van der Waals surface area contributed by atoms with Crippen LogP contribution in [0, 0.1) is 12.7 Å². The Morgan fingerprint density at radius 1 is 1.37 bits per heavy atom. The van der Waals surface area contributed by atoms with E-state index in [0.717, 1.165) is 0 Å². The zero-order valence-corrected chi connectivity index (χ0v) is 10.9. The van der Waals surface area contributed by atoms with Crippen molar-refractivity contribution in [3.05, 3.63) is 59.2 Å². The normalized spacial score (nSPS) is 12.2. The molecule has 1 unspecified atom stereocenters. The number of nitrogens with zero attached hydrogens (tertiary/aromatic N) is 1. The van der Waals surface area contributed by atoms with Gasteiger partial charge in [-0.05, 0) is 36.2 Å². The van der Waals surface area contributed by atoms with Crippen LogP contribution in [0.3, 0.4) is 0 Å². The molecular weight excluding hydrogens is 245 g/mol. The van der Waals surface area contributed by atoms with Gasteiger partial charge in [-0.2, -0.15) is 0 Å². The Balaban J connectivity index is 2.46. The van der Waals surface area contributed by atoms with Crippen molar-refractivity contribution >= 4 is 0 Å². The van der Waals surface area contributed by atoms with Crippen molar-refractivity contribution in [2.75, 3.05) is 7.11 Å². The average Bonchev–Trinajstić information content (AvgIpc) is 2.44. The Kier molecular flexibility index (Phi) is 4.09. The third kappa shape index (κ3) is 2.72. The van der Waals surface area contributed by atoms with Gasteiger partial charge in [0.15, 0.2) is 0 Å². The molecular formula is C14H16FN3O. The summed E-state index contributed by atoms with van der Waals surface area (Å²) in [6, 6.07) is 8.12. The highest BCUT2D eigenvalue weighted by atomic mass is 19.1. The molecule has 0 radical (unpaired) electrons. The molecule has 1 atom stereocenters. The molecule has 0 saturated heterocycles. The molecule has 100 valence electrons. The first-order chi connectivity index (χ1) is 9.17. The number of aromatic nitrogens is 1. The summed E-state index contributed by atoms with van der Waals surface area (Å²) in [5.74, 6) is 5.91. The number of rotatable bonds is 4. The third-order valence-corrected chi connectivity index (χ3v) is 2.99. The molecule has 0 fully saturated rings. The minimum atomic E-state index is -0.425. The molecule has 1 aromatic carbocycles. The van der Waals surface area contributed by atoms with E-state index in [-0.39, 0.29) is 5.82 Å². The van der Waals surface area contributed by atoms with Crippen molar-refractivity contribution in [2.45, 2.75) is 13.0 Å². The van der Waals surface area contributed by atoms with Crippen LogP contribution < -0.4 is 16.0 Å². The number of hydrogen-bond donors (Lipinski definition) is 2. The van der Waals surface area contributed by atoms with Gasteiger partial charge in [0, 0.05) is 6.20 Å². The van der Waals surface area contributed by atoms with Gasteiger partial charge in [-0.1, -0.05) is 12.1 Å². The highest BCUT2D eigenvalue weighted by Crippen LogP contribution is 2.28. The van der Waals surface area contributed by atoms with Gasteiger partial charge in [-0.25, -0.2) is 9.82 Å². The van der Waals surface area contributed by atoms with Gasteiger partial charge >= 0.3 is 0 Å². The summed E-state index contributed by atoms with van der Waals surface area (Å²) < 4.78 is 18.9. The molecule has 5 heteroatoms. The fraction of sp³-hybridized carbons (Fsp3) is 0.214. The van der Waals surface area contributed by atoms with E-state index in [1.807, 2.05) is 6.07 Å². The number of pyridine rings is 1. The van der Waals surface area contributed by atoms with Gasteiger partial charge in [0.2, 0.25) is 0 Å². The van der Waals surface area contributed by atoms with Crippen LogP contribution in [-0.4, -0.2) is 12.1 Å². The van der Waals surface area contributed by atoms with E-state index in [1.54, 1.807) is 38.4 Å². The highest BCUT2D eigenvalue weighted by molar-refractivity contribution is 5.37.